The smallest absolute Gasteiger partial charge is 0.257 e. The largest absolute Gasteiger partial charge is 0.421 e. The normalized spacial score (nSPS) is 18.1. The Morgan fingerprint density at radius 1 is 1.08 bits per heavy atom. The number of nitrogens with zero attached hydrogens (tertiary/aromatic N) is 6. The molecule has 0 spiro atoms. The van der Waals surface area contributed by atoms with Gasteiger partial charge in [0.25, 0.3) is 5.91 Å². The van der Waals surface area contributed by atoms with E-state index in [1.54, 1.807) is 36.6 Å². The first kappa shape index (κ1) is 29.4. The van der Waals surface area contributed by atoms with Crippen LogP contribution >= 0.6 is 22.9 Å². The van der Waals surface area contributed by atoms with Crippen LogP contribution in [-0.4, -0.2) is 42.5 Å². The van der Waals surface area contributed by atoms with Crippen molar-refractivity contribution in [1.82, 2.24) is 30.0 Å². The first-order chi connectivity index (χ1) is 23.4. The summed E-state index contributed by atoms with van der Waals surface area (Å²) in [6, 6.07) is 10.6. The maximum atomic E-state index is 14.2. The van der Waals surface area contributed by atoms with Crippen molar-refractivity contribution < 1.29 is 13.6 Å². The number of fused-ring (bicyclic) bond motifs is 5. The second-order valence-electron chi connectivity index (χ2n) is 12.6. The summed E-state index contributed by atoms with van der Waals surface area (Å²) in [6.07, 6.45) is 10.1. The number of amides is 1. The number of carbonyl (C=O) groups excluding carboxylic acids is 1. The average molecular weight is 678 g/mol. The van der Waals surface area contributed by atoms with E-state index in [2.05, 4.69) is 26.6 Å². The highest BCUT2D eigenvalue weighted by atomic mass is 35.5. The van der Waals surface area contributed by atoms with Gasteiger partial charge in [-0.05, 0) is 84.9 Å². The number of aromatic nitrogens is 5. The third-order valence-corrected chi connectivity index (χ3v) is 11.2. The average Bonchev–Trinajstić information content (AvgIpc) is 3.92. The van der Waals surface area contributed by atoms with Crippen molar-refractivity contribution in [2.45, 2.75) is 57.5 Å². The van der Waals surface area contributed by atoms with E-state index in [1.807, 2.05) is 23.4 Å². The number of nitrogens with one attached hydrogen (secondary N) is 1. The van der Waals surface area contributed by atoms with Crippen molar-refractivity contribution >= 4 is 44.7 Å². The highest BCUT2D eigenvalue weighted by Crippen LogP contribution is 2.50. The van der Waals surface area contributed by atoms with E-state index in [0.717, 1.165) is 80.1 Å². The molecule has 48 heavy (non-hydrogen) atoms. The maximum absolute atomic E-state index is 14.2. The molecule has 0 unspecified atom stereocenters. The van der Waals surface area contributed by atoms with Gasteiger partial charge in [0, 0.05) is 42.5 Å². The van der Waals surface area contributed by atoms with Crippen LogP contribution in [0.3, 0.4) is 0 Å². The van der Waals surface area contributed by atoms with E-state index in [9.17, 15) is 9.18 Å². The van der Waals surface area contributed by atoms with Crippen LogP contribution in [0.1, 0.15) is 75.7 Å². The Kier molecular flexibility index (Phi) is 7.01. The molecule has 0 bridgehead atoms. The molecule has 7 heterocycles. The summed E-state index contributed by atoms with van der Waals surface area (Å²) in [5, 5.41) is 14.0. The van der Waals surface area contributed by atoms with Crippen LogP contribution in [0.2, 0.25) is 5.02 Å². The lowest BCUT2D eigenvalue weighted by Crippen LogP contribution is -2.22. The minimum absolute atomic E-state index is 0.0153. The second kappa shape index (κ2) is 11.5. The van der Waals surface area contributed by atoms with E-state index in [-0.39, 0.29) is 23.8 Å². The van der Waals surface area contributed by atoms with Gasteiger partial charge in [0.15, 0.2) is 0 Å². The maximum Gasteiger partial charge on any atom is 0.257 e. The van der Waals surface area contributed by atoms with Gasteiger partial charge in [-0.3, -0.25) is 14.8 Å². The van der Waals surface area contributed by atoms with Crippen molar-refractivity contribution in [3.8, 4) is 21.9 Å². The molecule has 12 heteroatoms. The highest BCUT2D eigenvalue weighted by molar-refractivity contribution is 7.23. The summed E-state index contributed by atoms with van der Waals surface area (Å²) in [7, 11) is 0. The molecule has 1 aromatic carbocycles. The summed E-state index contributed by atoms with van der Waals surface area (Å²) in [6.45, 7) is 2.45. The van der Waals surface area contributed by atoms with Crippen molar-refractivity contribution in [2.75, 3.05) is 11.9 Å². The Morgan fingerprint density at radius 2 is 1.96 bits per heavy atom. The van der Waals surface area contributed by atoms with Gasteiger partial charge in [-0.1, -0.05) is 23.7 Å². The van der Waals surface area contributed by atoms with Crippen molar-refractivity contribution in [2.24, 2.45) is 0 Å². The number of benzene rings is 1. The number of carbonyl (C=O) groups is 1. The van der Waals surface area contributed by atoms with Gasteiger partial charge in [-0.25, -0.2) is 9.37 Å². The van der Waals surface area contributed by atoms with Gasteiger partial charge >= 0.3 is 0 Å². The Hall–Kier alpha value is -4.74. The first-order valence-electron chi connectivity index (χ1n) is 16.1. The fourth-order valence-corrected chi connectivity index (χ4v) is 8.93. The second-order valence-corrected chi connectivity index (χ2v) is 14.1. The number of anilines is 1. The predicted molar refractivity (Wildman–Crippen MR) is 182 cm³/mol. The van der Waals surface area contributed by atoms with Crippen LogP contribution < -0.4 is 5.32 Å². The third kappa shape index (κ3) is 4.78. The minimum atomic E-state index is -0.274. The fraction of sp³-hybridized carbons (Fsp3) is 0.278. The standard InChI is InChI=1S/C36H29ClFN7O2S/c1-18-43-44-35(47-18)29-26(10-6-19-4-7-21(38)8-5-19)41-32-27-3-2-14-45(27)36(46)31(32)30(29)28-15-20-12-13-40-34(33(20)48-28)42-25-11-9-22-23(25)16-39-17-24(22)37/h4-5,7-8,12-13,15-17,25,27H,2-3,6,9-11,14H2,1H3,(H,40,42)/t25-,27+/m1/s1. The molecule has 9 rings (SSSR count). The molecule has 1 N–H and O–H groups in total. The monoisotopic (exact) mass is 677 g/mol. The molecule has 3 aliphatic rings. The van der Waals surface area contributed by atoms with Gasteiger partial charge in [-0.15, -0.1) is 21.5 Å². The summed E-state index contributed by atoms with van der Waals surface area (Å²) in [5.74, 6) is 1.23. The van der Waals surface area contributed by atoms with E-state index in [0.29, 0.717) is 47.3 Å². The fourth-order valence-electron chi connectivity index (χ4n) is 7.51. The molecule has 1 amide bonds. The summed E-state index contributed by atoms with van der Waals surface area (Å²) in [5.41, 5.74) is 6.84. The van der Waals surface area contributed by atoms with Crippen LogP contribution in [0.15, 0.2) is 59.4 Å². The van der Waals surface area contributed by atoms with Gasteiger partial charge in [-0.2, -0.15) is 0 Å². The zero-order valence-corrected chi connectivity index (χ0v) is 27.5. The Labute approximate surface area is 284 Å². The zero-order valence-electron chi connectivity index (χ0n) is 26.0. The summed E-state index contributed by atoms with van der Waals surface area (Å²) < 4.78 is 20.8. The highest BCUT2D eigenvalue weighted by Gasteiger charge is 2.45. The van der Waals surface area contributed by atoms with Crippen LogP contribution in [0.4, 0.5) is 10.2 Å². The number of hydrogen-bond donors (Lipinski definition) is 1. The predicted octanol–water partition coefficient (Wildman–Crippen LogP) is 8.08. The van der Waals surface area contributed by atoms with Gasteiger partial charge < -0.3 is 14.6 Å². The number of thiophene rings is 1. The minimum Gasteiger partial charge on any atom is -0.421 e. The molecule has 240 valence electrons. The first-order valence-corrected chi connectivity index (χ1v) is 17.3. The third-order valence-electron chi connectivity index (χ3n) is 9.73. The molecule has 2 aliphatic heterocycles. The van der Waals surface area contributed by atoms with Crippen molar-refractivity contribution in [3.63, 3.8) is 0 Å². The van der Waals surface area contributed by atoms with E-state index in [1.165, 1.54) is 12.1 Å². The van der Waals surface area contributed by atoms with Crippen LogP contribution in [0, 0.1) is 12.7 Å². The van der Waals surface area contributed by atoms with E-state index < -0.39 is 0 Å². The SMILES string of the molecule is Cc1nnc(-c2c(CCc3ccc(F)cc3)nc3c(c2-c2cc4ccnc(N[C@@H]5CCc6c(Cl)cncc65)c4s2)C(=O)N2CCC[C@@H]32)o1. The number of hydrogen-bond acceptors (Lipinski definition) is 9. The molecule has 9 nitrogen and oxygen atoms in total. The molecule has 1 saturated heterocycles. The zero-order chi connectivity index (χ0) is 32.5. The van der Waals surface area contributed by atoms with Crippen LogP contribution in [0.25, 0.3) is 32.0 Å². The molecule has 1 fully saturated rings. The van der Waals surface area contributed by atoms with E-state index >= 15 is 0 Å². The van der Waals surface area contributed by atoms with Crippen molar-refractivity contribution in [3.05, 3.63) is 105 Å². The molecule has 6 aromatic rings. The molecule has 5 aromatic heterocycles. The molecule has 2 atom stereocenters. The summed E-state index contributed by atoms with van der Waals surface area (Å²) in [4.78, 5) is 31.4. The topological polar surface area (TPSA) is 110 Å². The molecule has 1 aliphatic carbocycles. The number of rotatable bonds is 7. The van der Waals surface area contributed by atoms with Crippen LogP contribution in [-0.2, 0) is 19.3 Å². The molecular weight excluding hydrogens is 649 g/mol. The quantitative estimate of drug-likeness (QED) is 0.181. The number of aryl methyl sites for hydroxylation is 3. The Bertz CT molecular complexity index is 2250. The Balaban J connectivity index is 1.21. The lowest BCUT2D eigenvalue weighted by Gasteiger charge is -2.16. The molecule has 0 radical (unpaired) electrons. The molecular formula is C36H29ClFN7O2S. The lowest BCUT2D eigenvalue weighted by molar-refractivity contribution is 0.0776. The van der Waals surface area contributed by atoms with Gasteiger partial charge in [0.1, 0.15) is 11.6 Å². The van der Waals surface area contributed by atoms with Crippen molar-refractivity contribution in [1.29, 1.82) is 0 Å². The van der Waals surface area contributed by atoms with Gasteiger partial charge in [0.05, 0.1) is 44.3 Å². The Morgan fingerprint density at radius 3 is 2.79 bits per heavy atom. The summed E-state index contributed by atoms with van der Waals surface area (Å²) >= 11 is 8.05. The van der Waals surface area contributed by atoms with Crippen LogP contribution in [0.5, 0.6) is 0 Å². The number of halogens is 2. The number of pyridine rings is 3. The molecule has 0 saturated carbocycles. The van der Waals surface area contributed by atoms with E-state index in [4.69, 9.17) is 26.0 Å². The lowest BCUT2D eigenvalue weighted by atomic mass is 9.93. The van der Waals surface area contributed by atoms with Gasteiger partial charge in [0.2, 0.25) is 11.8 Å².